The molecule has 0 spiro atoms. The Bertz CT molecular complexity index is 214. The first-order chi connectivity index (χ1) is 5.70. The van der Waals surface area contributed by atoms with Crippen molar-refractivity contribution in [3.05, 3.63) is 0 Å². The fraction of sp³-hybridized carbons (Fsp3) is 0.889. The van der Waals surface area contributed by atoms with E-state index >= 15 is 0 Å². The minimum absolute atomic E-state index is 0.0174. The van der Waals surface area contributed by atoms with Gasteiger partial charge in [0.2, 0.25) is 0 Å². The van der Waals surface area contributed by atoms with Crippen LogP contribution in [0.15, 0.2) is 0 Å². The highest BCUT2D eigenvalue weighted by Crippen LogP contribution is 2.43. The van der Waals surface area contributed by atoms with Gasteiger partial charge in [-0.15, -0.1) is 0 Å². The highest BCUT2D eigenvalue weighted by atomic mass is 16.6. The second-order valence-electron chi connectivity index (χ2n) is 3.72. The SMILES string of the molecule is COC1(C)C(=O)C2CCCOC21. The van der Waals surface area contributed by atoms with Crippen molar-refractivity contribution < 1.29 is 14.3 Å². The zero-order chi connectivity index (χ0) is 8.77. The number of carbonyl (C=O) groups excluding carboxylic acids is 1. The summed E-state index contributed by atoms with van der Waals surface area (Å²) in [5, 5.41) is 0. The Kier molecular flexibility index (Phi) is 1.73. The van der Waals surface area contributed by atoms with Gasteiger partial charge in [-0.05, 0) is 19.8 Å². The Morgan fingerprint density at radius 2 is 2.42 bits per heavy atom. The van der Waals surface area contributed by atoms with E-state index < -0.39 is 5.60 Å². The van der Waals surface area contributed by atoms with Crippen LogP contribution in [0.4, 0.5) is 0 Å². The molecule has 68 valence electrons. The van der Waals surface area contributed by atoms with Gasteiger partial charge in [-0.2, -0.15) is 0 Å². The second kappa shape index (κ2) is 2.54. The van der Waals surface area contributed by atoms with Crippen molar-refractivity contribution in [2.45, 2.75) is 31.5 Å². The van der Waals surface area contributed by atoms with E-state index in [1.165, 1.54) is 0 Å². The normalized spacial score (nSPS) is 46.7. The lowest BCUT2D eigenvalue weighted by Gasteiger charge is -2.51. The first-order valence-electron chi connectivity index (χ1n) is 4.41. The lowest BCUT2D eigenvalue weighted by molar-refractivity contribution is -0.218. The Labute approximate surface area is 72.0 Å². The van der Waals surface area contributed by atoms with Crippen LogP contribution in [-0.2, 0) is 14.3 Å². The number of Topliss-reactive ketones (excluding diaryl/α,β-unsaturated/α-hetero) is 1. The summed E-state index contributed by atoms with van der Waals surface area (Å²) in [5.41, 5.74) is -0.648. The van der Waals surface area contributed by atoms with Crippen LogP contribution in [-0.4, -0.2) is 31.2 Å². The van der Waals surface area contributed by atoms with Gasteiger partial charge in [-0.25, -0.2) is 0 Å². The number of ether oxygens (including phenoxy) is 2. The van der Waals surface area contributed by atoms with Crippen molar-refractivity contribution in [1.82, 2.24) is 0 Å². The van der Waals surface area contributed by atoms with Crippen LogP contribution < -0.4 is 0 Å². The zero-order valence-electron chi connectivity index (χ0n) is 7.50. The molecule has 1 saturated heterocycles. The molecule has 0 aromatic rings. The van der Waals surface area contributed by atoms with Gasteiger partial charge in [0.05, 0.1) is 5.92 Å². The van der Waals surface area contributed by atoms with Gasteiger partial charge in [0.1, 0.15) is 11.7 Å². The van der Waals surface area contributed by atoms with Crippen molar-refractivity contribution in [3.8, 4) is 0 Å². The van der Waals surface area contributed by atoms with Gasteiger partial charge in [0, 0.05) is 13.7 Å². The molecule has 0 N–H and O–H groups in total. The highest BCUT2D eigenvalue weighted by Gasteiger charge is 2.61. The fourth-order valence-electron chi connectivity index (χ4n) is 2.22. The minimum Gasteiger partial charge on any atom is -0.374 e. The third-order valence-electron chi connectivity index (χ3n) is 3.12. The molecule has 2 aliphatic rings. The number of hydrogen-bond donors (Lipinski definition) is 0. The Morgan fingerprint density at radius 3 is 3.08 bits per heavy atom. The Balaban J connectivity index is 2.15. The van der Waals surface area contributed by atoms with Crippen molar-refractivity contribution >= 4 is 5.78 Å². The fourth-order valence-corrected chi connectivity index (χ4v) is 2.22. The first-order valence-corrected chi connectivity index (χ1v) is 4.41. The van der Waals surface area contributed by atoms with Crippen molar-refractivity contribution in [1.29, 1.82) is 0 Å². The Morgan fingerprint density at radius 1 is 1.67 bits per heavy atom. The molecule has 12 heavy (non-hydrogen) atoms. The highest BCUT2D eigenvalue weighted by molar-refractivity contribution is 5.97. The van der Waals surface area contributed by atoms with Crippen LogP contribution in [0.25, 0.3) is 0 Å². The predicted octanol–water partition coefficient (Wildman–Crippen LogP) is 0.769. The molecule has 0 amide bonds. The van der Waals surface area contributed by atoms with Gasteiger partial charge in [-0.1, -0.05) is 0 Å². The van der Waals surface area contributed by atoms with Gasteiger partial charge >= 0.3 is 0 Å². The number of hydrogen-bond acceptors (Lipinski definition) is 3. The monoisotopic (exact) mass is 170 g/mol. The number of carbonyl (C=O) groups is 1. The second-order valence-corrected chi connectivity index (χ2v) is 3.72. The molecular weight excluding hydrogens is 156 g/mol. The summed E-state index contributed by atoms with van der Waals surface area (Å²) < 4.78 is 10.7. The maximum absolute atomic E-state index is 11.5. The molecule has 1 saturated carbocycles. The maximum atomic E-state index is 11.5. The van der Waals surface area contributed by atoms with Crippen LogP contribution in [0.5, 0.6) is 0 Å². The molecule has 3 unspecified atom stereocenters. The average Bonchev–Trinajstić information content (AvgIpc) is 2.16. The third-order valence-corrected chi connectivity index (χ3v) is 3.12. The molecule has 3 nitrogen and oxygen atoms in total. The molecule has 0 bridgehead atoms. The molecular formula is C9H14O3. The summed E-state index contributed by atoms with van der Waals surface area (Å²) in [6, 6.07) is 0. The van der Waals surface area contributed by atoms with Gasteiger partial charge in [0.15, 0.2) is 5.78 Å². The number of methoxy groups -OCH3 is 1. The molecule has 1 aliphatic carbocycles. The first kappa shape index (κ1) is 8.20. The predicted molar refractivity (Wildman–Crippen MR) is 42.9 cm³/mol. The van der Waals surface area contributed by atoms with Crippen molar-refractivity contribution in [2.24, 2.45) is 5.92 Å². The maximum Gasteiger partial charge on any atom is 0.172 e. The summed E-state index contributed by atoms with van der Waals surface area (Å²) in [6.07, 6.45) is 2.00. The van der Waals surface area contributed by atoms with E-state index in [0.29, 0.717) is 0 Å². The summed E-state index contributed by atoms with van der Waals surface area (Å²) in [4.78, 5) is 11.5. The van der Waals surface area contributed by atoms with E-state index in [-0.39, 0.29) is 17.8 Å². The summed E-state index contributed by atoms with van der Waals surface area (Å²) >= 11 is 0. The summed E-state index contributed by atoms with van der Waals surface area (Å²) in [5.74, 6) is 0.332. The van der Waals surface area contributed by atoms with E-state index in [1.807, 2.05) is 6.92 Å². The van der Waals surface area contributed by atoms with Crippen LogP contribution in [0.3, 0.4) is 0 Å². The van der Waals surface area contributed by atoms with E-state index in [0.717, 1.165) is 19.4 Å². The molecule has 0 aromatic heterocycles. The molecule has 3 atom stereocenters. The smallest absolute Gasteiger partial charge is 0.172 e. The average molecular weight is 170 g/mol. The van der Waals surface area contributed by atoms with E-state index in [4.69, 9.17) is 9.47 Å². The molecule has 0 aromatic carbocycles. The quantitative estimate of drug-likeness (QED) is 0.583. The van der Waals surface area contributed by atoms with E-state index in [2.05, 4.69) is 0 Å². The minimum atomic E-state index is -0.648. The van der Waals surface area contributed by atoms with Crippen LogP contribution in [0.1, 0.15) is 19.8 Å². The van der Waals surface area contributed by atoms with Gasteiger partial charge < -0.3 is 9.47 Å². The molecule has 3 heteroatoms. The summed E-state index contributed by atoms with van der Waals surface area (Å²) in [7, 11) is 1.58. The van der Waals surface area contributed by atoms with E-state index in [9.17, 15) is 4.79 Å². The Hall–Kier alpha value is -0.410. The van der Waals surface area contributed by atoms with Crippen molar-refractivity contribution in [2.75, 3.05) is 13.7 Å². The van der Waals surface area contributed by atoms with Gasteiger partial charge in [-0.3, -0.25) is 4.79 Å². The lowest BCUT2D eigenvalue weighted by Crippen LogP contribution is -2.68. The molecule has 0 radical (unpaired) electrons. The lowest BCUT2D eigenvalue weighted by atomic mass is 9.64. The standard InChI is InChI=1S/C9H14O3/c1-9(11-2)7(10)6-4-3-5-12-8(6)9/h6,8H,3-5H2,1-2H3. The molecule has 2 fully saturated rings. The molecule has 1 heterocycles. The zero-order valence-corrected chi connectivity index (χ0v) is 7.50. The third kappa shape index (κ3) is 0.808. The molecule has 1 aliphatic heterocycles. The van der Waals surface area contributed by atoms with Gasteiger partial charge in [0.25, 0.3) is 0 Å². The topological polar surface area (TPSA) is 35.5 Å². The number of fused-ring (bicyclic) bond motifs is 1. The largest absolute Gasteiger partial charge is 0.374 e. The van der Waals surface area contributed by atoms with Crippen LogP contribution in [0, 0.1) is 5.92 Å². The number of rotatable bonds is 1. The summed E-state index contributed by atoms with van der Waals surface area (Å²) in [6.45, 7) is 2.59. The number of ketones is 1. The van der Waals surface area contributed by atoms with Crippen LogP contribution >= 0.6 is 0 Å². The van der Waals surface area contributed by atoms with E-state index in [1.54, 1.807) is 7.11 Å². The van der Waals surface area contributed by atoms with Crippen molar-refractivity contribution in [3.63, 3.8) is 0 Å². The molecule has 2 rings (SSSR count). The van der Waals surface area contributed by atoms with Crippen LogP contribution in [0.2, 0.25) is 0 Å².